The molecule has 2 amide bonds. The van der Waals surface area contributed by atoms with Crippen LogP contribution in [0.3, 0.4) is 0 Å². The summed E-state index contributed by atoms with van der Waals surface area (Å²) in [6.45, 7) is 6.97. The summed E-state index contributed by atoms with van der Waals surface area (Å²) >= 11 is 0. The lowest BCUT2D eigenvalue weighted by Crippen LogP contribution is -2.43. The number of carbonyl (C=O) groups excluding carboxylic acids is 2. The molecule has 0 saturated carbocycles. The second-order valence-corrected chi connectivity index (χ2v) is 7.78. The molecule has 0 unspecified atom stereocenters. The van der Waals surface area contributed by atoms with E-state index in [0.29, 0.717) is 32.5 Å². The van der Waals surface area contributed by atoms with Crippen LogP contribution in [0.25, 0.3) is 0 Å². The van der Waals surface area contributed by atoms with Crippen LogP contribution in [0.5, 0.6) is 0 Å². The lowest BCUT2D eigenvalue weighted by Gasteiger charge is -2.31. The van der Waals surface area contributed by atoms with E-state index in [9.17, 15) is 9.59 Å². The van der Waals surface area contributed by atoms with Crippen molar-refractivity contribution in [1.82, 2.24) is 9.80 Å². The third-order valence-electron chi connectivity index (χ3n) is 5.77. The molecule has 1 aromatic rings. The number of piperidine rings is 2. The summed E-state index contributed by atoms with van der Waals surface area (Å²) in [6.07, 6.45) is 5.25. The summed E-state index contributed by atoms with van der Waals surface area (Å²) in [5.74, 6) is 0.0507. The minimum Gasteiger partial charge on any atom is -0.372 e. The average molecular weight is 388 g/mol. The van der Waals surface area contributed by atoms with Crippen LogP contribution in [0.1, 0.15) is 44.6 Å². The maximum absolute atomic E-state index is 12.8. The highest BCUT2D eigenvalue weighted by molar-refractivity contribution is 5.93. The van der Waals surface area contributed by atoms with Crippen molar-refractivity contribution >= 4 is 17.5 Å². The topological polar surface area (TPSA) is 61.9 Å². The summed E-state index contributed by atoms with van der Waals surface area (Å²) in [4.78, 5) is 29.1. The van der Waals surface area contributed by atoms with Gasteiger partial charge in [0, 0.05) is 37.8 Å². The molecule has 0 aliphatic carbocycles. The van der Waals surface area contributed by atoms with E-state index in [1.54, 1.807) is 0 Å². The van der Waals surface area contributed by atoms with Gasteiger partial charge in [0.15, 0.2) is 0 Å². The van der Waals surface area contributed by atoms with E-state index in [1.165, 1.54) is 24.8 Å². The Kier molecular flexibility index (Phi) is 7.86. The lowest BCUT2D eigenvalue weighted by atomic mass is 9.95. The minimum absolute atomic E-state index is 0.0209. The molecule has 2 aliphatic heterocycles. The Labute approximate surface area is 168 Å². The Bertz CT molecular complexity index is 650. The molecule has 2 fully saturated rings. The standard InChI is InChI=1S/C22H33N3O3/c1-2-28-17-21(26)25-14-10-18(11-15-25)22(27)23-20-9-5-4-8-19(20)16-24-12-6-3-7-13-24/h4-5,8-9,18H,2-3,6-7,10-17H2,1H3,(H,23,27). The molecule has 3 rings (SSSR count). The summed E-state index contributed by atoms with van der Waals surface area (Å²) < 4.78 is 5.20. The highest BCUT2D eigenvalue weighted by Gasteiger charge is 2.27. The Balaban J connectivity index is 1.52. The Hall–Kier alpha value is -1.92. The number of para-hydroxylation sites is 1. The van der Waals surface area contributed by atoms with E-state index in [-0.39, 0.29) is 24.3 Å². The normalized spacial score (nSPS) is 18.8. The second kappa shape index (κ2) is 10.6. The lowest BCUT2D eigenvalue weighted by molar-refractivity contribution is -0.138. The smallest absolute Gasteiger partial charge is 0.248 e. The maximum atomic E-state index is 12.8. The van der Waals surface area contributed by atoms with E-state index in [0.717, 1.165) is 25.3 Å². The number of ether oxygens (including phenoxy) is 1. The van der Waals surface area contributed by atoms with E-state index < -0.39 is 0 Å². The highest BCUT2D eigenvalue weighted by Crippen LogP contribution is 2.23. The van der Waals surface area contributed by atoms with Gasteiger partial charge in [0.2, 0.25) is 11.8 Å². The first-order valence-corrected chi connectivity index (χ1v) is 10.6. The third kappa shape index (κ3) is 5.79. The van der Waals surface area contributed by atoms with Crippen molar-refractivity contribution in [2.24, 2.45) is 5.92 Å². The quantitative estimate of drug-likeness (QED) is 0.781. The molecule has 6 nitrogen and oxygen atoms in total. The summed E-state index contributed by atoms with van der Waals surface area (Å²) in [6, 6.07) is 8.12. The van der Waals surface area contributed by atoms with Gasteiger partial charge in [-0.25, -0.2) is 0 Å². The molecule has 2 aliphatic rings. The van der Waals surface area contributed by atoms with E-state index in [4.69, 9.17) is 4.74 Å². The van der Waals surface area contributed by atoms with Gasteiger partial charge < -0.3 is 15.0 Å². The number of carbonyl (C=O) groups is 2. The van der Waals surface area contributed by atoms with Crippen molar-refractivity contribution in [2.75, 3.05) is 44.7 Å². The van der Waals surface area contributed by atoms with Crippen LogP contribution in [0.4, 0.5) is 5.69 Å². The predicted octanol–water partition coefficient (Wildman–Crippen LogP) is 2.89. The molecule has 2 saturated heterocycles. The molecule has 154 valence electrons. The molecule has 6 heteroatoms. The van der Waals surface area contributed by atoms with Crippen LogP contribution in [-0.2, 0) is 20.9 Å². The predicted molar refractivity (Wildman–Crippen MR) is 110 cm³/mol. The third-order valence-corrected chi connectivity index (χ3v) is 5.77. The van der Waals surface area contributed by atoms with Gasteiger partial charge in [-0.05, 0) is 57.3 Å². The van der Waals surface area contributed by atoms with Crippen LogP contribution in [0, 0.1) is 5.92 Å². The molecule has 1 N–H and O–H groups in total. The molecular weight excluding hydrogens is 354 g/mol. The van der Waals surface area contributed by atoms with Crippen molar-refractivity contribution < 1.29 is 14.3 Å². The number of benzene rings is 1. The van der Waals surface area contributed by atoms with E-state index in [2.05, 4.69) is 16.3 Å². The number of nitrogens with zero attached hydrogens (tertiary/aromatic N) is 2. The van der Waals surface area contributed by atoms with Crippen LogP contribution >= 0.6 is 0 Å². The van der Waals surface area contributed by atoms with Crippen molar-refractivity contribution in [1.29, 1.82) is 0 Å². The monoisotopic (exact) mass is 387 g/mol. The number of amides is 2. The first-order valence-electron chi connectivity index (χ1n) is 10.6. The van der Waals surface area contributed by atoms with Crippen molar-refractivity contribution in [3.8, 4) is 0 Å². The Morgan fingerprint density at radius 2 is 1.79 bits per heavy atom. The van der Waals surface area contributed by atoms with Gasteiger partial charge in [-0.1, -0.05) is 24.6 Å². The van der Waals surface area contributed by atoms with Crippen LogP contribution in [0.15, 0.2) is 24.3 Å². The van der Waals surface area contributed by atoms with Gasteiger partial charge in [0.05, 0.1) is 0 Å². The van der Waals surface area contributed by atoms with Gasteiger partial charge in [0.1, 0.15) is 6.61 Å². The molecule has 2 heterocycles. The van der Waals surface area contributed by atoms with Crippen molar-refractivity contribution in [3.05, 3.63) is 29.8 Å². The zero-order valence-corrected chi connectivity index (χ0v) is 17.0. The van der Waals surface area contributed by atoms with Gasteiger partial charge in [-0.2, -0.15) is 0 Å². The number of rotatable bonds is 7. The fourth-order valence-electron chi connectivity index (χ4n) is 4.05. The van der Waals surface area contributed by atoms with Gasteiger partial charge in [0.25, 0.3) is 0 Å². The summed E-state index contributed by atoms with van der Waals surface area (Å²) in [5, 5.41) is 3.15. The van der Waals surface area contributed by atoms with Gasteiger partial charge in [-0.15, -0.1) is 0 Å². The van der Waals surface area contributed by atoms with E-state index >= 15 is 0 Å². The van der Waals surface area contributed by atoms with E-state index in [1.807, 2.05) is 30.0 Å². The number of anilines is 1. The molecular formula is C22H33N3O3. The number of likely N-dealkylation sites (tertiary alicyclic amines) is 2. The zero-order valence-electron chi connectivity index (χ0n) is 17.0. The second-order valence-electron chi connectivity index (χ2n) is 7.78. The molecule has 0 bridgehead atoms. The maximum Gasteiger partial charge on any atom is 0.248 e. The van der Waals surface area contributed by atoms with Gasteiger partial charge in [-0.3, -0.25) is 14.5 Å². The first-order chi connectivity index (χ1) is 13.7. The van der Waals surface area contributed by atoms with Crippen LogP contribution < -0.4 is 5.32 Å². The molecule has 1 aromatic carbocycles. The van der Waals surface area contributed by atoms with Gasteiger partial charge >= 0.3 is 0 Å². The fourth-order valence-corrected chi connectivity index (χ4v) is 4.05. The van der Waals surface area contributed by atoms with Crippen LogP contribution in [-0.4, -0.2) is 61.0 Å². The molecule has 28 heavy (non-hydrogen) atoms. The summed E-state index contributed by atoms with van der Waals surface area (Å²) in [5.41, 5.74) is 2.11. The average Bonchev–Trinajstić information content (AvgIpc) is 2.74. The highest BCUT2D eigenvalue weighted by atomic mass is 16.5. The Morgan fingerprint density at radius 3 is 2.50 bits per heavy atom. The SMILES string of the molecule is CCOCC(=O)N1CCC(C(=O)Nc2ccccc2CN2CCCCC2)CC1. The molecule has 0 aromatic heterocycles. The molecule has 0 atom stereocenters. The minimum atomic E-state index is -0.0424. The zero-order chi connectivity index (χ0) is 19.8. The fraction of sp³-hybridized carbons (Fsp3) is 0.636. The molecule has 0 radical (unpaired) electrons. The number of nitrogens with one attached hydrogen (secondary N) is 1. The number of hydrogen-bond donors (Lipinski definition) is 1. The van der Waals surface area contributed by atoms with Crippen LogP contribution in [0.2, 0.25) is 0 Å². The first kappa shape index (κ1) is 20.8. The Morgan fingerprint density at radius 1 is 1.07 bits per heavy atom. The van der Waals surface area contributed by atoms with Crippen molar-refractivity contribution in [2.45, 2.75) is 45.6 Å². The van der Waals surface area contributed by atoms with Crippen molar-refractivity contribution in [3.63, 3.8) is 0 Å². The molecule has 0 spiro atoms. The summed E-state index contributed by atoms with van der Waals surface area (Å²) in [7, 11) is 0. The number of hydrogen-bond acceptors (Lipinski definition) is 4. The largest absolute Gasteiger partial charge is 0.372 e.